The number of allylic oxidation sites excluding steroid dienone is 3. The maximum absolute atomic E-state index is 12.4. The quantitative estimate of drug-likeness (QED) is 0.324. The molecule has 0 fully saturated rings. The van der Waals surface area contributed by atoms with E-state index in [1.165, 1.54) is 13.2 Å². The van der Waals surface area contributed by atoms with Crippen LogP contribution in [0.5, 0.6) is 0 Å². The zero-order valence-electron chi connectivity index (χ0n) is 14.9. The number of aliphatic imine (C=N–C) groups is 2. The van der Waals surface area contributed by atoms with Crippen molar-refractivity contribution in [2.24, 2.45) is 9.98 Å². The number of nitrogens with zero attached hydrogens (tertiary/aromatic N) is 2. The van der Waals surface area contributed by atoms with Gasteiger partial charge < -0.3 is 15.4 Å². The lowest BCUT2D eigenvalue weighted by Crippen LogP contribution is -2.26. The molecule has 1 rings (SSSR count). The van der Waals surface area contributed by atoms with E-state index in [0.717, 1.165) is 5.70 Å². The lowest BCUT2D eigenvalue weighted by molar-refractivity contribution is -0.116. The molecule has 0 spiro atoms. The summed E-state index contributed by atoms with van der Waals surface area (Å²) in [5.74, 6) is 0.513. The Labute approximate surface area is 148 Å². The first-order valence-corrected chi connectivity index (χ1v) is 7.73. The van der Waals surface area contributed by atoms with Crippen LogP contribution in [0.25, 0.3) is 0 Å². The lowest BCUT2D eigenvalue weighted by atomic mass is 10.2. The highest BCUT2D eigenvalue weighted by atomic mass is 16.5. The van der Waals surface area contributed by atoms with Gasteiger partial charge in [0, 0.05) is 29.7 Å². The molecule has 0 aromatic carbocycles. The fraction of sp³-hybridized carbons (Fsp3) is 0.211. The molecule has 0 saturated heterocycles. The highest BCUT2D eigenvalue weighted by molar-refractivity contribution is 5.99. The van der Waals surface area contributed by atoms with Gasteiger partial charge in [0.15, 0.2) is 0 Å². The molecular formula is C19H24N4O2. The van der Waals surface area contributed by atoms with Crippen molar-refractivity contribution in [3.8, 4) is 0 Å². The van der Waals surface area contributed by atoms with E-state index in [1.54, 1.807) is 24.4 Å². The van der Waals surface area contributed by atoms with Crippen molar-refractivity contribution >= 4 is 18.0 Å². The molecule has 1 aliphatic heterocycles. The second-order valence-corrected chi connectivity index (χ2v) is 5.04. The number of carbonyl (C=O) groups is 1. The third kappa shape index (κ3) is 6.10. The van der Waals surface area contributed by atoms with E-state index in [4.69, 9.17) is 4.74 Å². The van der Waals surface area contributed by atoms with Gasteiger partial charge in [-0.1, -0.05) is 25.8 Å². The van der Waals surface area contributed by atoms with Crippen LogP contribution in [0.4, 0.5) is 0 Å². The second-order valence-electron chi connectivity index (χ2n) is 5.04. The van der Waals surface area contributed by atoms with Crippen LogP contribution in [0.2, 0.25) is 0 Å². The van der Waals surface area contributed by atoms with Crippen LogP contribution < -0.4 is 10.6 Å². The van der Waals surface area contributed by atoms with Crippen molar-refractivity contribution < 1.29 is 9.53 Å². The van der Waals surface area contributed by atoms with Crippen LogP contribution >= 0.6 is 0 Å². The molecule has 0 aromatic rings. The summed E-state index contributed by atoms with van der Waals surface area (Å²) in [5, 5.41) is 5.71. The molecule has 0 aliphatic carbocycles. The van der Waals surface area contributed by atoms with Gasteiger partial charge in [-0.05, 0) is 32.1 Å². The highest BCUT2D eigenvalue weighted by Gasteiger charge is 2.14. The van der Waals surface area contributed by atoms with Crippen LogP contribution in [-0.2, 0) is 9.53 Å². The molecule has 25 heavy (non-hydrogen) atoms. The minimum Gasteiger partial charge on any atom is -0.481 e. The number of hydrogen-bond donors (Lipinski definition) is 2. The summed E-state index contributed by atoms with van der Waals surface area (Å²) in [6, 6.07) is 0. The average molecular weight is 340 g/mol. The van der Waals surface area contributed by atoms with E-state index in [9.17, 15) is 4.79 Å². The van der Waals surface area contributed by atoms with Crippen LogP contribution in [-0.4, -0.2) is 31.7 Å². The third-order valence-corrected chi connectivity index (χ3v) is 3.08. The zero-order valence-corrected chi connectivity index (χ0v) is 14.9. The Bertz CT molecular complexity index is 722. The Hall–Kier alpha value is -3.15. The number of rotatable bonds is 7. The molecule has 6 heteroatoms. The zero-order chi connectivity index (χ0) is 18.8. The molecule has 2 N–H and O–H groups in total. The predicted octanol–water partition coefficient (Wildman–Crippen LogP) is 2.77. The molecule has 132 valence electrons. The second kappa shape index (κ2) is 9.87. The number of hydrogen-bond acceptors (Lipinski definition) is 5. The summed E-state index contributed by atoms with van der Waals surface area (Å²) in [4.78, 5) is 20.7. The fourth-order valence-corrected chi connectivity index (χ4v) is 1.89. The van der Waals surface area contributed by atoms with Gasteiger partial charge in [-0.3, -0.25) is 9.79 Å². The third-order valence-electron chi connectivity index (χ3n) is 3.08. The summed E-state index contributed by atoms with van der Waals surface area (Å²) in [5.41, 5.74) is 2.18. The molecule has 0 saturated carbocycles. The van der Waals surface area contributed by atoms with E-state index in [1.807, 2.05) is 13.8 Å². The minimum absolute atomic E-state index is 0.321. The largest absolute Gasteiger partial charge is 0.481 e. The minimum atomic E-state index is -0.362. The van der Waals surface area contributed by atoms with Crippen LogP contribution in [0, 0.1) is 0 Å². The van der Waals surface area contributed by atoms with Gasteiger partial charge in [0.2, 0.25) is 5.90 Å². The first-order chi connectivity index (χ1) is 11.9. The molecule has 0 atom stereocenters. The summed E-state index contributed by atoms with van der Waals surface area (Å²) in [6.07, 6.45) is 8.17. The number of nitrogens with one attached hydrogen (secondary N) is 2. The van der Waals surface area contributed by atoms with Crippen molar-refractivity contribution in [1.82, 2.24) is 10.6 Å². The number of ether oxygens (including phenoxy) is 1. The van der Waals surface area contributed by atoms with Crippen LogP contribution in [0.15, 0.2) is 82.4 Å². The molecule has 0 bridgehead atoms. The van der Waals surface area contributed by atoms with Gasteiger partial charge in [-0.2, -0.15) is 0 Å². The van der Waals surface area contributed by atoms with Gasteiger partial charge in [0.25, 0.3) is 5.91 Å². The fourth-order valence-electron chi connectivity index (χ4n) is 1.89. The SMILES string of the molecule is C=C/C(C(=O)NC(=C)/C=C\C(=C)/C(=N/CC)OC)=C1/N=CC=C(C)N1. The Morgan fingerprint density at radius 2 is 2.16 bits per heavy atom. The summed E-state index contributed by atoms with van der Waals surface area (Å²) in [6.45, 7) is 15.7. The number of amides is 1. The lowest BCUT2D eigenvalue weighted by Gasteiger charge is -2.14. The molecule has 1 aliphatic rings. The van der Waals surface area contributed by atoms with E-state index in [0.29, 0.717) is 35.1 Å². The first-order valence-electron chi connectivity index (χ1n) is 7.73. The number of carbonyl (C=O) groups excluding carboxylic acids is 1. The van der Waals surface area contributed by atoms with E-state index in [-0.39, 0.29) is 5.91 Å². The van der Waals surface area contributed by atoms with Gasteiger partial charge in [-0.15, -0.1) is 0 Å². The highest BCUT2D eigenvalue weighted by Crippen LogP contribution is 2.11. The molecule has 0 unspecified atom stereocenters. The number of methoxy groups -OCH3 is 1. The predicted molar refractivity (Wildman–Crippen MR) is 103 cm³/mol. The molecule has 1 amide bonds. The molecule has 0 aromatic heterocycles. The maximum atomic E-state index is 12.4. The average Bonchev–Trinajstić information content (AvgIpc) is 2.58. The Morgan fingerprint density at radius 1 is 1.44 bits per heavy atom. The smallest absolute Gasteiger partial charge is 0.259 e. The molecular weight excluding hydrogens is 316 g/mol. The van der Waals surface area contributed by atoms with Gasteiger partial charge in [0.1, 0.15) is 5.82 Å². The first kappa shape index (κ1) is 19.9. The summed E-state index contributed by atoms with van der Waals surface area (Å²) in [7, 11) is 1.53. The molecule has 1 heterocycles. The van der Waals surface area contributed by atoms with Crippen LogP contribution in [0.3, 0.4) is 0 Å². The summed E-state index contributed by atoms with van der Waals surface area (Å²) >= 11 is 0. The topological polar surface area (TPSA) is 75.1 Å². The summed E-state index contributed by atoms with van der Waals surface area (Å²) < 4.78 is 5.14. The van der Waals surface area contributed by atoms with Crippen molar-refractivity contribution in [3.63, 3.8) is 0 Å². The van der Waals surface area contributed by atoms with Crippen molar-refractivity contribution in [3.05, 3.63) is 72.4 Å². The van der Waals surface area contributed by atoms with Crippen molar-refractivity contribution in [1.29, 1.82) is 0 Å². The Kier molecular flexibility index (Phi) is 7.86. The van der Waals surface area contributed by atoms with Gasteiger partial charge in [-0.25, -0.2) is 4.99 Å². The molecule has 0 radical (unpaired) electrons. The van der Waals surface area contributed by atoms with Crippen molar-refractivity contribution in [2.45, 2.75) is 13.8 Å². The standard InChI is InChI=1S/C19H24N4O2/c1-7-16(17-21-12-11-15(5)22-17)18(24)23-14(4)10-9-13(3)19(25-6)20-8-2/h7,9-12,22H,1,3-4,8H2,2,5-6H3,(H,23,24)/b10-9-,17-16+,20-19-. The molecule has 6 nitrogen and oxygen atoms in total. The monoisotopic (exact) mass is 340 g/mol. The van der Waals surface area contributed by atoms with Crippen molar-refractivity contribution in [2.75, 3.05) is 13.7 Å². The maximum Gasteiger partial charge on any atom is 0.259 e. The van der Waals surface area contributed by atoms with Gasteiger partial charge >= 0.3 is 0 Å². The van der Waals surface area contributed by atoms with E-state index >= 15 is 0 Å². The van der Waals surface area contributed by atoms with Crippen LogP contribution in [0.1, 0.15) is 13.8 Å². The normalized spacial score (nSPS) is 16.0. The Balaban J connectivity index is 2.79. The van der Waals surface area contributed by atoms with E-state index in [2.05, 4.69) is 40.4 Å². The Morgan fingerprint density at radius 3 is 2.72 bits per heavy atom. The van der Waals surface area contributed by atoms with Gasteiger partial charge in [0.05, 0.1) is 12.7 Å². The van der Waals surface area contributed by atoms with E-state index < -0.39 is 0 Å².